The molecule has 0 rings (SSSR count). The lowest BCUT2D eigenvalue weighted by atomic mass is 9.98. The SMILES string of the molecule is CCCC(CC(CC)C(=O)OCC)P(=O)(O)O. The fourth-order valence-corrected chi connectivity index (χ4v) is 2.90. The van der Waals surface area contributed by atoms with Crippen molar-refractivity contribution in [3.63, 3.8) is 0 Å². The Morgan fingerprint density at radius 3 is 2.24 bits per heavy atom. The molecular formula is C11H23O5P. The first-order valence-corrected chi connectivity index (χ1v) is 7.76. The van der Waals surface area contributed by atoms with E-state index in [4.69, 9.17) is 4.74 Å². The van der Waals surface area contributed by atoms with Crippen LogP contribution >= 0.6 is 7.60 Å². The minimum absolute atomic E-state index is 0.202. The molecule has 102 valence electrons. The van der Waals surface area contributed by atoms with Gasteiger partial charge in [0.15, 0.2) is 0 Å². The molecule has 0 bridgehead atoms. The quantitative estimate of drug-likeness (QED) is 0.520. The Balaban J connectivity index is 4.60. The van der Waals surface area contributed by atoms with Crippen LogP contribution in [0.25, 0.3) is 0 Å². The van der Waals surface area contributed by atoms with E-state index in [0.29, 0.717) is 25.9 Å². The average Bonchev–Trinajstić information content (AvgIpc) is 2.22. The Morgan fingerprint density at radius 2 is 1.88 bits per heavy atom. The summed E-state index contributed by atoms with van der Waals surface area (Å²) in [5.74, 6) is -0.774. The lowest BCUT2D eigenvalue weighted by Gasteiger charge is -2.22. The zero-order chi connectivity index (χ0) is 13.5. The smallest absolute Gasteiger partial charge is 0.328 e. The van der Waals surface area contributed by atoms with Crippen molar-refractivity contribution in [2.45, 2.75) is 52.1 Å². The Hall–Kier alpha value is -0.380. The number of rotatable bonds is 8. The number of esters is 1. The third kappa shape index (κ3) is 6.20. The second-order valence-electron chi connectivity index (χ2n) is 4.12. The monoisotopic (exact) mass is 266 g/mol. The highest BCUT2D eigenvalue weighted by molar-refractivity contribution is 7.52. The zero-order valence-corrected chi connectivity index (χ0v) is 11.7. The predicted molar refractivity (Wildman–Crippen MR) is 65.8 cm³/mol. The average molecular weight is 266 g/mol. The lowest BCUT2D eigenvalue weighted by Crippen LogP contribution is -2.23. The highest BCUT2D eigenvalue weighted by atomic mass is 31.2. The standard InChI is InChI=1S/C11H23O5P/c1-4-7-10(17(13,14)15)8-9(5-2)11(12)16-6-3/h9-10H,4-8H2,1-3H3,(H2,13,14,15). The Morgan fingerprint density at radius 1 is 1.29 bits per heavy atom. The van der Waals surface area contributed by atoms with Gasteiger partial charge in [-0.3, -0.25) is 9.36 Å². The van der Waals surface area contributed by atoms with Gasteiger partial charge in [0.1, 0.15) is 0 Å². The van der Waals surface area contributed by atoms with Crippen LogP contribution in [0.1, 0.15) is 46.5 Å². The second-order valence-corrected chi connectivity index (χ2v) is 6.03. The summed E-state index contributed by atoms with van der Waals surface area (Å²) in [6, 6.07) is 0. The van der Waals surface area contributed by atoms with Gasteiger partial charge in [0.25, 0.3) is 0 Å². The minimum atomic E-state index is -4.13. The molecule has 5 nitrogen and oxygen atoms in total. The van der Waals surface area contributed by atoms with Gasteiger partial charge in [-0.05, 0) is 26.2 Å². The van der Waals surface area contributed by atoms with Gasteiger partial charge in [0, 0.05) is 0 Å². The maximum Gasteiger partial charge on any atom is 0.328 e. The van der Waals surface area contributed by atoms with Crippen LogP contribution in [0, 0.1) is 5.92 Å². The molecule has 2 unspecified atom stereocenters. The maximum absolute atomic E-state index is 11.6. The fourth-order valence-electron chi connectivity index (χ4n) is 1.77. The molecule has 0 aromatic heterocycles. The summed E-state index contributed by atoms with van der Waals surface area (Å²) in [5.41, 5.74) is -0.734. The van der Waals surface area contributed by atoms with E-state index in [1.165, 1.54) is 0 Å². The van der Waals surface area contributed by atoms with Gasteiger partial charge >= 0.3 is 13.6 Å². The van der Waals surface area contributed by atoms with E-state index in [9.17, 15) is 19.1 Å². The largest absolute Gasteiger partial charge is 0.466 e. The van der Waals surface area contributed by atoms with Crippen LogP contribution in [0.4, 0.5) is 0 Å². The molecule has 0 radical (unpaired) electrons. The van der Waals surface area contributed by atoms with Gasteiger partial charge in [-0.1, -0.05) is 20.3 Å². The lowest BCUT2D eigenvalue weighted by molar-refractivity contribution is -0.148. The van der Waals surface area contributed by atoms with Gasteiger partial charge in [-0.2, -0.15) is 0 Å². The van der Waals surface area contributed by atoms with Crippen LogP contribution in [0.15, 0.2) is 0 Å². The van der Waals surface area contributed by atoms with E-state index in [2.05, 4.69) is 0 Å². The van der Waals surface area contributed by atoms with Gasteiger partial charge in [-0.25, -0.2) is 0 Å². The number of carbonyl (C=O) groups is 1. The summed E-state index contributed by atoms with van der Waals surface area (Å²) in [5, 5.41) is 0. The van der Waals surface area contributed by atoms with Crippen LogP contribution < -0.4 is 0 Å². The van der Waals surface area contributed by atoms with Gasteiger partial charge in [-0.15, -0.1) is 0 Å². The topological polar surface area (TPSA) is 83.8 Å². The highest BCUT2D eigenvalue weighted by Gasteiger charge is 2.32. The summed E-state index contributed by atoms with van der Waals surface area (Å²) >= 11 is 0. The Kier molecular flexibility index (Phi) is 7.68. The molecule has 0 aromatic rings. The van der Waals surface area contributed by atoms with Crippen molar-refractivity contribution in [2.24, 2.45) is 5.92 Å². The minimum Gasteiger partial charge on any atom is -0.466 e. The molecule has 17 heavy (non-hydrogen) atoms. The molecule has 0 spiro atoms. The summed E-state index contributed by atoms with van der Waals surface area (Å²) in [7, 11) is -4.13. The van der Waals surface area contributed by atoms with Gasteiger partial charge < -0.3 is 14.5 Å². The fraction of sp³-hybridized carbons (Fsp3) is 0.909. The van der Waals surface area contributed by atoms with E-state index < -0.39 is 19.2 Å². The van der Waals surface area contributed by atoms with Crippen LogP contribution in [0.5, 0.6) is 0 Å². The zero-order valence-electron chi connectivity index (χ0n) is 10.8. The molecule has 2 atom stereocenters. The molecule has 0 heterocycles. The van der Waals surface area contributed by atoms with Crippen LogP contribution in [0.3, 0.4) is 0 Å². The van der Waals surface area contributed by atoms with Crippen molar-refractivity contribution in [1.82, 2.24) is 0 Å². The predicted octanol–water partition coefficient (Wildman–Crippen LogP) is 2.31. The van der Waals surface area contributed by atoms with E-state index in [1.54, 1.807) is 6.92 Å². The van der Waals surface area contributed by atoms with Gasteiger partial charge in [0.05, 0.1) is 18.2 Å². The number of hydrogen-bond donors (Lipinski definition) is 2. The molecule has 0 aliphatic heterocycles. The Bertz CT molecular complexity index is 273. The molecule has 2 N–H and O–H groups in total. The molecule has 0 aliphatic carbocycles. The van der Waals surface area contributed by atoms with Crippen LogP contribution in [-0.2, 0) is 14.1 Å². The molecule has 6 heteroatoms. The highest BCUT2D eigenvalue weighted by Crippen LogP contribution is 2.46. The van der Waals surface area contributed by atoms with Crippen LogP contribution in [0.2, 0.25) is 0 Å². The summed E-state index contributed by atoms with van der Waals surface area (Å²) in [6.07, 6.45) is 1.86. The van der Waals surface area contributed by atoms with Crippen molar-refractivity contribution in [3.05, 3.63) is 0 Å². The van der Waals surface area contributed by atoms with Crippen molar-refractivity contribution in [1.29, 1.82) is 0 Å². The molecule has 0 amide bonds. The second kappa shape index (κ2) is 7.85. The number of ether oxygens (including phenoxy) is 1. The first-order chi connectivity index (χ1) is 7.86. The first kappa shape index (κ1) is 16.6. The summed E-state index contributed by atoms with van der Waals surface area (Å²) in [6.45, 7) is 5.71. The molecule has 0 fully saturated rings. The molecule has 0 saturated heterocycles. The van der Waals surface area contributed by atoms with Crippen LogP contribution in [-0.4, -0.2) is 28.0 Å². The van der Waals surface area contributed by atoms with Crippen molar-refractivity contribution < 1.29 is 23.9 Å². The molecule has 0 aliphatic rings. The first-order valence-electron chi connectivity index (χ1n) is 6.08. The normalized spacial score (nSPS) is 15.4. The van der Waals surface area contributed by atoms with E-state index in [-0.39, 0.29) is 12.4 Å². The number of hydrogen-bond acceptors (Lipinski definition) is 3. The van der Waals surface area contributed by atoms with Crippen molar-refractivity contribution >= 4 is 13.6 Å². The summed E-state index contributed by atoms with van der Waals surface area (Å²) < 4.78 is 16.2. The van der Waals surface area contributed by atoms with Crippen molar-refractivity contribution in [2.75, 3.05) is 6.61 Å². The summed E-state index contributed by atoms with van der Waals surface area (Å²) in [4.78, 5) is 30.0. The maximum atomic E-state index is 11.6. The molecule has 0 aromatic carbocycles. The third-order valence-electron chi connectivity index (χ3n) is 2.77. The van der Waals surface area contributed by atoms with Gasteiger partial charge in [0.2, 0.25) is 0 Å². The molecule has 0 saturated carbocycles. The number of carbonyl (C=O) groups excluding carboxylic acids is 1. The van der Waals surface area contributed by atoms with Crippen molar-refractivity contribution in [3.8, 4) is 0 Å². The van der Waals surface area contributed by atoms with E-state index in [0.717, 1.165) is 0 Å². The van der Waals surface area contributed by atoms with E-state index in [1.807, 2.05) is 13.8 Å². The molecular weight excluding hydrogens is 243 g/mol. The third-order valence-corrected chi connectivity index (χ3v) is 4.19. The Labute approximate surface area is 103 Å². The van der Waals surface area contributed by atoms with E-state index >= 15 is 0 Å².